The predicted octanol–water partition coefficient (Wildman–Crippen LogP) is 1.42. The van der Waals surface area contributed by atoms with Crippen molar-refractivity contribution in [3.63, 3.8) is 0 Å². The molecule has 1 aromatic rings. The predicted molar refractivity (Wildman–Crippen MR) is 71.4 cm³/mol. The number of piperidine rings is 1. The average Bonchev–Trinajstić information content (AvgIpc) is 2.83. The fourth-order valence-electron chi connectivity index (χ4n) is 2.35. The second kappa shape index (κ2) is 6.11. The van der Waals surface area contributed by atoms with E-state index >= 15 is 0 Å². The Morgan fingerprint density at radius 1 is 1.44 bits per heavy atom. The van der Waals surface area contributed by atoms with Gasteiger partial charge in [-0.25, -0.2) is 0 Å². The highest BCUT2D eigenvalue weighted by atomic mass is 32.1. The van der Waals surface area contributed by atoms with Crippen LogP contribution in [0, 0.1) is 0 Å². The molecule has 98 valence electrons. The molecule has 2 heterocycles. The zero-order valence-corrected chi connectivity index (χ0v) is 11.3. The minimum atomic E-state index is -0.136. The first-order valence-electron chi connectivity index (χ1n) is 6.24. The first-order chi connectivity index (χ1) is 8.68. The summed E-state index contributed by atoms with van der Waals surface area (Å²) in [6.45, 7) is 3.23. The SMILES string of the molecule is CC(=O)N(C(=O)Cc1cccs1)C1CCNCC1. The number of carbonyl (C=O) groups excluding carboxylic acids is 2. The van der Waals surface area contributed by atoms with Gasteiger partial charge in [-0.3, -0.25) is 14.5 Å². The van der Waals surface area contributed by atoms with Gasteiger partial charge in [-0.1, -0.05) is 6.07 Å². The second-order valence-electron chi connectivity index (χ2n) is 4.52. The third kappa shape index (κ3) is 3.17. The third-order valence-corrected chi connectivity index (χ3v) is 4.06. The molecule has 2 amide bonds. The molecule has 2 rings (SSSR count). The highest BCUT2D eigenvalue weighted by Crippen LogP contribution is 2.16. The number of hydrogen-bond acceptors (Lipinski definition) is 4. The standard InChI is InChI=1S/C13H18N2O2S/c1-10(16)15(11-4-6-14-7-5-11)13(17)9-12-3-2-8-18-12/h2-3,8,11,14H,4-7,9H2,1H3. The van der Waals surface area contributed by atoms with Crippen LogP contribution in [0.15, 0.2) is 17.5 Å². The maximum atomic E-state index is 12.2. The lowest BCUT2D eigenvalue weighted by atomic mass is 10.0. The fraction of sp³-hybridized carbons (Fsp3) is 0.538. The summed E-state index contributed by atoms with van der Waals surface area (Å²) in [5, 5.41) is 5.20. The largest absolute Gasteiger partial charge is 0.317 e. The van der Waals surface area contributed by atoms with Crippen molar-refractivity contribution in [2.75, 3.05) is 13.1 Å². The van der Waals surface area contributed by atoms with Crippen LogP contribution in [0.4, 0.5) is 0 Å². The number of carbonyl (C=O) groups is 2. The van der Waals surface area contributed by atoms with E-state index in [1.807, 2.05) is 17.5 Å². The Balaban J connectivity index is 2.04. The van der Waals surface area contributed by atoms with E-state index in [1.165, 1.54) is 11.8 Å². The number of rotatable bonds is 3. The summed E-state index contributed by atoms with van der Waals surface area (Å²) in [4.78, 5) is 26.4. The van der Waals surface area contributed by atoms with Gasteiger partial charge in [0.25, 0.3) is 0 Å². The van der Waals surface area contributed by atoms with Crippen LogP contribution in [0.1, 0.15) is 24.6 Å². The van der Waals surface area contributed by atoms with Gasteiger partial charge in [0.1, 0.15) is 0 Å². The minimum Gasteiger partial charge on any atom is -0.317 e. The van der Waals surface area contributed by atoms with Crippen LogP contribution < -0.4 is 5.32 Å². The van der Waals surface area contributed by atoms with Crippen molar-refractivity contribution in [3.8, 4) is 0 Å². The number of nitrogens with one attached hydrogen (secondary N) is 1. The Morgan fingerprint density at radius 3 is 2.72 bits per heavy atom. The first kappa shape index (κ1) is 13.2. The molecular weight excluding hydrogens is 248 g/mol. The summed E-state index contributed by atoms with van der Waals surface area (Å²) in [6.07, 6.45) is 2.05. The smallest absolute Gasteiger partial charge is 0.234 e. The van der Waals surface area contributed by atoms with Crippen LogP contribution >= 0.6 is 11.3 Å². The van der Waals surface area contributed by atoms with Gasteiger partial charge in [-0.05, 0) is 37.4 Å². The number of nitrogens with zero attached hydrogens (tertiary/aromatic N) is 1. The van der Waals surface area contributed by atoms with E-state index in [0.717, 1.165) is 30.8 Å². The van der Waals surface area contributed by atoms with Gasteiger partial charge in [0.05, 0.1) is 6.42 Å². The number of amides is 2. The van der Waals surface area contributed by atoms with E-state index in [4.69, 9.17) is 0 Å². The molecule has 1 fully saturated rings. The molecule has 1 aromatic heterocycles. The quantitative estimate of drug-likeness (QED) is 0.900. The number of thiophene rings is 1. The molecule has 5 heteroatoms. The van der Waals surface area contributed by atoms with Crippen molar-refractivity contribution in [1.29, 1.82) is 0 Å². The van der Waals surface area contributed by atoms with Crippen LogP contribution in [0.3, 0.4) is 0 Å². The molecule has 0 spiro atoms. The Kier molecular flexibility index (Phi) is 4.49. The molecule has 0 aliphatic carbocycles. The maximum Gasteiger partial charge on any atom is 0.234 e. The molecule has 4 nitrogen and oxygen atoms in total. The van der Waals surface area contributed by atoms with Gasteiger partial charge in [0, 0.05) is 17.8 Å². The molecule has 1 aliphatic heterocycles. The lowest BCUT2D eigenvalue weighted by Crippen LogP contribution is -2.48. The maximum absolute atomic E-state index is 12.2. The van der Waals surface area contributed by atoms with E-state index in [-0.39, 0.29) is 17.9 Å². The van der Waals surface area contributed by atoms with Crippen LogP contribution in [0.5, 0.6) is 0 Å². The minimum absolute atomic E-state index is 0.0659. The van der Waals surface area contributed by atoms with Crippen LogP contribution in [0.2, 0.25) is 0 Å². The Hall–Kier alpha value is -1.20. The van der Waals surface area contributed by atoms with Gasteiger partial charge in [0.15, 0.2) is 0 Å². The summed E-state index contributed by atoms with van der Waals surface area (Å²) >= 11 is 1.56. The molecular formula is C13H18N2O2S. The Labute approximate surface area is 111 Å². The van der Waals surface area contributed by atoms with Crippen molar-refractivity contribution >= 4 is 23.2 Å². The molecule has 0 bridgehead atoms. The Bertz CT molecular complexity index is 411. The van der Waals surface area contributed by atoms with Crippen LogP contribution in [-0.4, -0.2) is 35.8 Å². The lowest BCUT2D eigenvalue weighted by molar-refractivity contribution is -0.146. The van der Waals surface area contributed by atoms with E-state index in [0.29, 0.717) is 6.42 Å². The normalized spacial score (nSPS) is 16.5. The van der Waals surface area contributed by atoms with Gasteiger partial charge in [-0.15, -0.1) is 11.3 Å². The highest BCUT2D eigenvalue weighted by molar-refractivity contribution is 7.10. The average molecular weight is 266 g/mol. The molecule has 0 saturated carbocycles. The molecule has 18 heavy (non-hydrogen) atoms. The molecule has 1 saturated heterocycles. The number of hydrogen-bond donors (Lipinski definition) is 1. The summed E-state index contributed by atoms with van der Waals surface area (Å²) in [6, 6.07) is 3.93. The fourth-order valence-corrected chi connectivity index (χ4v) is 3.04. The molecule has 1 aliphatic rings. The topological polar surface area (TPSA) is 49.4 Å². The van der Waals surface area contributed by atoms with Crippen molar-refractivity contribution < 1.29 is 9.59 Å². The van der Waals surface area contributed by atoms with Crippen LogP contribution in [-0.2, 0) is 16.0 Å². The lowest BCUT2D eigenvalue weighted by Gasteiger charge is -2.32. The first-order valence-corrected chi connectivity index (χ1v) is 7.12. The number of imide groups is 1. The van der Waals surface area contributed by atoms with E-state index < -0.39 is 0 Å². The summed E-state index contributed by atoms with van der Waals surface area (Å²) in [7, 11) is 0. The van der Waals surface area contributed by atoms with E-state index in [9.17, 15) is 9.59 Å². The van der Waals surface area contributed by atoms with Gasteiger partial charge in [-0.2, -0.15) is 0 Å². The molecule has 0 radical (unpaired) electrons. The van der Waals surface area contributed by atoms with Crippen molar-refractivity contribution in [1.82, 2.24) is 10.2 Å². The monoisotopic (exact) mass is 266 g/mol. The molecule has 0 atom stereocenters. The van der Waals surface area contributed by atoms with Gasteiger partial charge in [0.2, 0.25) is 11.8 Å². The van der Waals surface area contributed by atoms with E-state index in [1.54, 1.807) is 11.3 Å². The van der Waals surface area contributed by atoms with Gasteiger partial charge >= 0.3 is 0 Å². The Morgan fingerprint density at radius 2 is 2.17 bits per heavy atom. The molecule has 0 unspecified atom stereocenters. The highest BCUT2D eigenvalue weighted by Gasteiger charge is 2.28. The zero-order chi connectivity index (χ0) is 13.0. The summed E-state index contributed by atoms with van der Waals surface area (Å²) in [5.74, 6) is -0.208. The van der Waals surface area contributed by atoms with Crippen molar-refractivity contribution in [3.05, 3.63) is 22.4 Å². The second-order valence-corrected chi connectivity index (χ2v) is 5.55. The summed E-state index contributed by atoms with van der Waals surface area (Å²) < 4.78 is 0. The van der Waals surface area contributed by atoms with Crippen LogP contribution in [0.25, 0.3) is 0 Å². The van der Waals surface area contributed by atoms with Gasteiger partial charge < -0.3 is 5.32 Å². The van der Waals surface area contributed by atoms with Crippen molar-refractivity contribution in [2.45, 2.75) is 32.2 Å². The summed E-state index contributed by atoms with van der Waals surface area (Å²) in [5.41, 5.74) is 0. The zero-order valence-electron chi connectivity index (χ0n) is 10.5. The molecule has 0 aromatic carbocycles. The van der Waals surface area contributed by atoms with Crippen molar-refractivity contribution in [2.24, 2.45) is 0 Å². The van der Waals surface area contributed by atoms with E-state index in [2.05, 4.69) is 5.32 Å². The third-order valence-electron chi connectivity index (χ3n) is 3.19. The molecule has 1 N–H and O–H groups in total.